The Morgan fingerprint density at radius 1 is 1.39 bits per heavy atom. The van der Waals surface area contributed by atoms with Crippen LogP contribution in [0.15, 0.2) is 16.1 Å². The first kappa shape index (κ1) is 12.5. The van der Waals surface area contributed by atoms with Crippen LogP contribution in [0.2, 0.25) is 0 Å². The zero-order valence-corrected chi connectivity index (χ0v) is 10.5. The molecule has 2 rings (SSSR count). The average Bonchev–Trinajstić information content (AvgIpc) is 2.22. The minimum absolute atomic E-state index is 0.0131. The Hall–Kier alpha value is -1.98. The second-order valence-electron chi connectivity index (χ2n) is 5.38. The molecule has 0 bridgehead atoms. The van der Waals surface area contributed by atoms with Crippen LogP contribution in [0.5, 0.6) is 0 Å². The van der Waals surface area contributed by atoms with Crippen molar-refractivity contribution in [1.82, 2.24) is 9.97 Å². The maximum absolute atomic E-state index is 11.6. The van der Waals surface area contributed by atoms with Gasteiger partial charge in [0.25, 0.3) is 5.56 Å². The van der Waals surface area contributed by atoms with E-state index in [-0.39, 0.29) is 22.7 Å². The van der Waals surface area contributed by atoms with Crippen molar-refractivity contribution < 1.29 is 4.79 Å². The highest BCUT2D eigenvalue weighted by atomic mass is 16.1. The lowest BCUT2D eigenvalue weighted by molar-refractivity contribution is -0.120. The molecule has 0 amide bonds. The van der Waals surface area contributed by atoms with Crippen molar-refractivity contribution in [3.05, 3.63) is 16.7 Å². The third-order valence-electron chi connectivity index (χ3n) is 2.89. The number of nitrogens with zero attached hydrogens (tertiary/aromatic N) is 2. The smallest absolute Gasteiger partial charge is 0.276 e. The fourth-order valence-electron chi connectivity index (χ4n) is 2.22. The number of hydrogen-bond donors (Lipinski definition) is 2. The Labute approximate surface area is 104 Å². The summed E-state index contributed by atoms with van der Waals surface area (Å²) in [4.78, 5) is 33.5. The van der Waals surface area contributed by atoms with Crippen molar-refractivity contribution in [2.75, 3.05) is 5.73 Å². The van der Waals surface area contributed by atoms with Crippen molar-refractivity contribution in [2.24, 2.45) is 10.4 Å². The van der Waals surface area contributed by atoms with Crippen LogP contribution >= 0.6 is 0 Å². The number of anilines is 1. The van der Waals surface area contributed by atoms with E-state index >= 15 is 0 Å². The maximum atomic E-state index is 11.6. The molecule has 1 heterocycles. The molecule has 0 aliphatic heterocycles. The van der Waals surface area contributed by atoms with E-state index in [1.54, 1.807) is 0 Å². The number of nitrogen functional groups attached to an aromatic ring is 1. The first-order chi connectivity index (χ1) is 8.37. The monoisotopic (exact) mass is 248 g/mol. The number of ketones is 1. The number of carbonyl (C=O) groups is 1. The summed E-state index contributed by atoms with van der Waals surface area (Å²) >= 11 is 0. The Morgan fingerprint density at radius 3 is 2.78 bits per heavy atom. The normalized spacial score (nSPS) is 21.2. The van der Waals surface area contributed by atoms with Gasteiger partial charge in [-0.25, -0.2) is 9.98 Å². The summed E-state index contributed by atoms with van der Waals surface area (Å²) in [5.74, 6) is 0.354. The number of rotatable bonds is 1. The Balaban J connectivity index is 2.36. The molecule has 6 heteroatoms. The molecule has 0 saturated heterocycles. The van der Waals surface area contributed by atoms with Gasteiger partial charge in [-0.1, -0.05) is 13.8 Å². The lowest BCUT2D eigenvalue weighted by atomic mass is 9.76. The molecule has 3 N–H and O–H groups in total. The van der Waals surface area contributed by atoms with Crippen LogP contribution in [0.1, 0.15) is 33.1 Å². The molecule has 0 unspecified atom stereocenters. The van der Waals surface area contributed by atoms with Crippen LogP contribution in [0.4, 0.5) is 11.5 Å². The van der Waals surface area contributed by atoms with E-state index in [1.165, 1.54) is 6.33 Å². The van der Waals surface area contributed by atoms with Crippen molar-refractivity contribution >= 4 is 23.0 Å². The quantitative estimate of drug-likeness (QED) is 0.779. The second-order valence-corrected chi connectivity index (χ2v) is 5.38. The van der Waals surface area contributed by atoms with E-state index in [2.05, 4.69) is 15.0 Å². The molecule has 6 nitrogen and oxygen atoms in total. The molecule has 1 saturated carbocycles. The Kier molecular flexibility index (Phi) is 3.02. The highest BCUT2D eigenvalue weighted by Gasteiger charge is 2.30. The third kappa shape index (κ3) is 2.64. The number of aromatic amines is 1. The Morgan fingerprint density at radius 2 is 2.11 bits per heavy atom. The zero-order valence-electron chi connectivity index (χ0n) is 10.5. The molecule has 1 aromatic rings. The number of aromatic nitrogens is 2. The maximum Gasteiger partial charge on any atom is 0.276 e. The summed E-state index contributed by atoms with van der Waals surface area (Å²) in [6.45, 7) is 4.04. The molecule has 0 spiro atoms. The van der Waals surface area contributed by atoms with Crippen molar-refractivity contribution in [2.45, 2.75) is 33.1 Å². The molecule has 1 fully saturated rings. The summed E-state index contributed by atoms with van der Waals surface area (Å²) in [7, 11) is 0. The lowest BCUT2D eigenvalue weighted by Gasteiger charge is -2.29. The van der Waals surface area contributed by atoms with Gasteiger partial charge in [0.05, 0.1) is 6.33 Å². The average molecular weight is 248 g/mol. The van der Waals surface area contributed by atoms with Gasteiger partial charge >= 0.3 is 0 Å². The summed E-state index contributed by atoms with van der Waals surface area (Å²) in [5.41, 5.74) is 5.82. The Bertz CT molecular complexity index is 572. The number of aliphatic imine (C=N–C) groups is 1. The zero-order chi connectivity index (χ0) is 13.3. The molecule has 0 radical (unpaired) electrons. The first-order valence-corrected chi connectivity index (χ1v) is 5.79. The SMILES string of the molecule is CC1(C)CC(=O)CC(=Nc2nc[nH]c(=O)c2N)C1. The molecular weight excluding hydrogens is 232 g/mol. The number of hydrogen-bond acceptors (Lipinski definition) is 5. The number of nitrogens with one attached hydrogen (secondary N) is 1. The molecule has 0 atom stereocenters. The van der Waals surface area contributed by atoms with Crippen LogP contribution in [0.25, 0.3) is 0 Å². The second kappa shape index (κ2) is 4.36. The molecule has 0 aromatic carbocycles. The largest absolute Gasteiger partial charge is 0.391 e. The lowest BCUT2D eigenvalue weighted by Crippen LogP contribution is -2.29. The predicted octanol–water partition coefficient (Wildman–Crippen LogP) is 1.20. The van der Waals surface area contributed by atoms with Gasteiger partial charge in [-0.05, 0) is 11.8 Å². The van der Waals surface area contributed by atoms with Gasteiger partial charge in [0.1, 0.15) is 11.5 Å². The van der Waals surface area contributed by atoms with Crippen LogP contribution in [-0.4, -0.2) is 21.5 Å². The fourth-order valence-corrected chi connectivity index (χ4v) is 2.22. The van der Waals surface area contributed by atoms with Gasteiger partial charge in [-0.2, -0.15) is 0 Å². The number of carbonyl (C=O) groups excluding carboxylic acids is 1. The third-order valence-corrected chi connectivity index (χ3v) is 2.89. The summed E-state index contributed by atoms with van der Waals surface area (Å²) < 4.78 is 0. The molecule has 18 heavy (non-hydrogen) atoms. The van der Waals surface area contributed by atoms with Gasteiger partial charge in [0.15, 0.2) is 5.82 Å². The fraction of sp³-hybridized carbons (Fsp3) is 0.500. The van der Waals surface area contributed by atoms with Crippen molar-refractivity contribution in [3.63, 3.8) is 0 Å². The van der Waals surface area contributed by atoms with E-state index in [4.69, 9.17) is 5.73 Å². The van der Waals surface area contributed by atoms with E-state index in [0.29, 0.717) is 19.3 Å². The van der Waals surface area contributed by atoms with Gasteiger partial charge in [0.2, 0.25) is 0 Å². The predicted molar refractivity (Wildman–Crippen MR) is 69.0 cm³/mol. The first-order valence-electron chi connectivity index (χ1n) is 5.79. The topological polar surface area (TPSA) is 101 Å². The standard InChI is InChI=1S/C12H16N4O2/c1-12(2)4-7(3-8(17)5-12)16-10-9(13)11(18)15-6-14-10/h6H,3-5,13H2,1-2H3,(H,14,15,18). The van der Waals surface area contributed by atoms with Crippen molar-refractivity contribution in [1.29, 1.82) is 0 Å². The van der Waals surface area contributed by atoms with Gasteiger partial charge < -0.3 is 10.7 Å². The number of Topliss-reactive ketones (excluding diaryl/α,β-unsaturated/α-hetero) is 1. The summed E-state index contributed by atoms with van der Waals surface area (Å²) in [6.07, 6.45) is 2.85. The molecule has 96 valence electrons. The number of H-pyrrole nitrogens is 1. The molecule has 1 aromatic heterocycles. The van der Waals surface area contributed by atoms with Crippen molar-refractivity contribution in [3.8, 4) is 0 Å². The van der Waals surface area contributed by atoms with Gasteiger partial charge in [-0.3, -0.25) is 9.59 Å². The van der Waals surface area contributed by atoms with E-state index in [1.807, 2.05) is 13.8 Å². The van der Waals surface area contributed by atoms with E-state index in [9.17, 15) is 9.59 Å². The van der Waals surface area contributed by atoms with Crippen LogP contribution in [-0.2, 0) is 4.79 Å². The number of nitrogens with two attached hydrogens (primary N) is 1. The van der Waals surface area contributed by atoms with Crippen LogP contribution in [0, 0.1) is 5.41 Å². The van der Waals surface area contributed by atoms with E-state index in [0.717, 1.165) is 5.71 Å². The summed E-state index contributed by atoms with van der Waals surface area (Å²) in [6, 6.07) is 0. The van der Waals surface area contributed by atoms with E-state index < -0.39 is 5.56 Å². The molecule has 1 aliphatic carbocycles. The summed E-state index contributed by atoms with van der Waals surface area (Å²) in [5, 5.41) is 0. The van der Waals surface area contributed by atoms with Gasteiger partial charge in [-0.15, -0.1) is 0 Å². The minimum Gasteiger partial charge on any atom is -0.391 e. The van der Waals surface area contributed by atoms with Crippen LogP contribution < -0.4 is 11.3 Å². The van der Waals surface area contributed by atoms with Gasteiger partial charge in [0, 0.05) is 18.6 Å². The molecular formula is C12H16N4O2. The minimum atomic E-state index is -0.411. The highest BCUT2D eigenvalue weighted by Crippen LogP contribution is 2.32. The molecule has 1 aliphatic rings. The highest BCUT2D eigenvalue weighted by molar-refractivity contribution is 6.05. The van der Waals surface area contributed by atoms with Crippen LogP contribution in [0.3, 0.4) is 0 Å².